The summed E-state index contributed by atoms with van der Waals surface area (Å²) in [6.07, 6.45) is 4.78. The Kier molecular flexibility index (Phi) is 5.11. The van der Waals surface area contributed by atoms with Crippen molar-refractivity contribution >= 4 is 27.2 Å². The molecule has 30 heavy (non-hydrogen) atoms. The maximum absolute atomic E-state index is 13.3. The summed E-state index contributed by atoms with van der Waals surface area (Å²) in [6.45, 7) is 0. The molecule has 4 aromatic rings. The average Bonchev–Trinajstić information content (AvgIpc) is 3.26. The molecule has 2 aromatic heterocycles. The molecule has 0 saturated heterocycles. The second-order valence-electron chi connectivity index (χ2n) is 6.10. The maximum atomic E-state index is 13.3. The van der Waals surface area contributed by atoms with Crippen LogP contribution in [0.25, 0.3) is 5.82 Å². The molecule has 0 atom stereocenters. The van der Waals surface area contributed by atoms with Gasteiger partial charge in [-0.3, -0.25) is 4.72 Å². The summed E-state index contributed by atoms with van der Waals surface area (Å²) in [5.74, 6) is -1.26. The minimum absolute atomic E-state index is 0.255. The number of halogens is 2. The van der Waals surface area contributed by atoms with Crippen LogP contribution in [0.15, 0.2) is 78.2 Å². The molecule has 0 bridgehead atoms. The molecule has 2 heterocycles. The number of hydrogen-bond donors (Lipinski definition) is 2. The lowest BCUT2D eigenvalue weighted by Gasteiger charge is -2.10. The lowest BCUT2D eigenvalue weighted by molar-refractivity contribution is 0.504. The van der Waals surface area contributed by atoms with E-state index in [1.165, 1.54) is 18.5 Å². The van der Waals surface area contributed by atoms with Crippen LogP contribution in [0, 0.1) is 11.6 Å². The second kappa shape index (κ2) is 7.87. The van der Waals surface area contributed by atoms with Crippen molar-refractivity contribution in [1.82, 2.24) is 19.7 Å². The van der Waals surface area contributed by atoms with Crippen molar-refractivity contribution < 1.29 is 17.2 Å². The molecule has 0 aliphatic heterocycles. The van der Waals surface area contributed by atoms with Crippen LogP contribution in [0.1, 0.15) is 0 Å². The van der Waals surface area contributed by atoms with E-state index in [1.807, 2.05) is 0 Å². The number of anilines is 3. The standard InChI is InChI=1S/C19H14F2N6O2S/c20-16-7-6-15(10-17(16)21)30(28,29)26-14-4-2-13(3-5-14)25-18-11-19(23-12-22-18)27-9-1-8-24-27/h1-12,26H,(H,22,23,25). The Bertz CT molecular complexity index is 1280. The van der Waals surface area contributed by atoms with E-state index in [4.69, 9.17) is 0 Å². The summed E-state index contributed by atoms with van der Waals surface area (Å²) in [5.41, 5.74) is 0.904. The van der Waals surface area contributed by atoms with Gasteiger partial charge >= 0.3 is 0 Å². The molecule has 8 nitrogen and oxygen atoms in total. The zero-order chi connectivity index (χ0) is 21.1. The van der Waals surface area contributed by atoms with E-state index in [1.54, 1.807) is 41.3 Å². The molecule has 2 aromatic carbocycles. The Morgan fingerprint density at radius 3 is 2.37 bits per heavy atom. The molecular weight excluding hydrogens is 414 g/mol. The summed E-state index contributed by atoms with van der Waals surface area (Å²) in [4.78, 5) is 7.90. The highest BCUT2D eigenvalue weighted by molar-refractivity contribution is 7.92. The minimum Gasteiger partial charge on any atom is -0.340 e. The van der Waals surface area contributed by atoms with Gasteiger partial charge in [0.2, 0.25) is 0 Å². The molecule has 0 saturated carbocycles. The van der Waals surface area contributed by atoms with Crippen LogP contribution in [0.3, 0.4) is 0 Å². The van der Waals surface area contributed by atoms with Crippen LogP contribution >= 0.6 is 0 Å². The van der Waals surface area contributed by atoms with Crippen LogP contribution in [0.2, 0.25) is 0 Å². The Morgan fingerprint density at radius 2 is 1.67 bits per heavy atom. The van der Waals surface area contributed by atoms with Gasteiger partial charge in [0.25, 0.3) is 10.0 Å². The number of hydrogen-bond acceptors (Lipinski definition) is 6. The lowest BCUT2D eigenvalue weighted by Crippen LogP contribution is -2.13. The fourth-order valence-corrected chi connectivity index (χ4v) is 3.64. The monoisotopic (exact) mass is 428 g/mol. The van der Waals surface area contributed by atoms with Crippen LogP contribution in [-0.2, 0) is 10.0 Å². The fourth-order valence-electron chi connectivity index (χ4n) is 2.57. The molecule has 0 unspecified atom stereocenters. The highest BCUT2D eigenvalue weighted by atomic mass is 32.2. The predicted octanol–water partition coefficient (Wildman–Crippen LogP) is 3.48. The third-order valence-electron chi connectivity index (χ3n) is 4.00. The number of nitrogens with zero attached hydrogens (tertiary/aromatic N) is 4. The van der Waals surface area contributed by atoms with Crippen LogP contribution < -0.4 is 10.0 Å². The SMILES string of the molecule is O=S(=O)(Nc1ccc(Nc2cc(-n3cccn3)ncn2)cc1)c1ccc(F)c(F)c1. The summed E-state index contributed by atoms with van der Waals surface area (Å²) < 4.78 is 55.0. The van der Waals surface area contributed by atoms with Crippen molar-refractivity contribution in [2.45, 2.75) is 4.90 Å². The van der Waals surface area contributed by atoms with Gasteiger partial charge in [0, 0.05) is 29.8 Å². The van der Waals surface area contributed by atoms with Crippen molar-refractivity contribution in [2.75, 3.05) is 10.0 Å². The molecule has 0 aliphatic carbocycles. The molecule has 4 rings (SSSR count). The zero-order valence-electron chi connectivity index (χ0n) is 15.2. The van der Waals surface area contributed by atoms with Crippen LogP contribution in [0.4, 0.5) is 26.0 Å². The van der Waals surface area contributed by atoms with E-state index in [0.717, 1.165) is 12.1 Å². The van der Waals surface area contributed by atoms with E-state index in [2.05, 4.69) is 25.1 Å². The number of aromatic nitrogens is 4. The van der Waals surface area contributed by atoms with E-state index < -0.39 is 21.7 Å². The van der Waals surface area contributed by atoms with Gasteiger partial charge in [0.1, 0.15) is 12.1 Å². The van der Waals surface area contributed by atoms with Gasteiger partial charge < -0.3 is 5.32 Å². The third kappa shape index (κ3) is 4.25. The highest BCUT2D eigenvalue weighted by Crippen LogP contribution is 2.22. The summed E-state index contributed by atoms with van der Waals surface area (Å²) >= 11 is 0. The molecule has 11 heteroatoms. The minimum atomic E-state index is -4.06. The largest absolute Gasteiger partial charge is 0.340 e. The molecule has 0 fully saturated rings. The Balaban J connectivity index is 1.48. The molecule has 0 spiro atoms. The summed E-state index contributed by atoms with van der Waals surface area (Å²) in [5, 5.41) is 7.19. The van der Waals surface area contributed by atoms with Gasteiger partial charge in [-0.25, -0.2) is 31.8 Å². The second-order valence-corrected chi connectivity index (χ2v) is 7.78. The van der Waals surface area contributed by atoms with Crippen LogP contribution in [-0.4, -0.2) is 28.2 Å². The van der Waals surface area contributed by atoms with Crippen molar-refractivity contribution in [1.29, 1.82) is 0 Å². The predicted molar refractivity (Wildman–Crippen MR) is 106 cm³/mol. The van der Waals surface area contributed by atoms with E-state index in [-0.39, 0.29) is 10.6 Å². The van der Waals surface area contributed by atoms with Gasteiger partial charge in [0.15, 0.2) is 17.5 Å². The quantitative estimate of drug-likeness (QED) is 0.488. The first-order valence-electron chi connectivity index (χ1n) is 8.58. The van der Waals surface area contributed by atoms with Crippen LogP contribution in [0.5, 0.6) is 0 Å². The topological polar surface area (TPSA) is 102 Å². The molecule has 0 amide bonds. The number of rotatable bonds is 6. The summed E-state index contributed by atoms with van der Waals surface area (Å²) in [7, 11) is -4.06. The Morgan fingerprint density at radius 1 is 0.900 bits per heavy atom. The van der Waals surface area contributed by atoms with Gasteiger partial charge in [-0.05, 0) is 48.5 Å². The van der Waals surface area contributed by atoms with Gasteiger partial charge in [-0.15, -0.1) is 0 Å². The first-order chi connectivity index (χ1) is 14.4. The van der Waals surface area contributed by atoms with Crippen molar-refractivity contribution in [3.8, 4) is 5.82 Å². The fraction of sp³-hybridized carbons (Fsp3) is 0. The zero-order valence-corrected chi connectivity index (χ0v) is 16.0. The normalized spacial score (nSPS) is 11.3. The molecule has 152 valence electrons. The van der Waals surface area contributed by atoms with Gasteiger partial charge in [0.05, 0.1) is 4.90 Å². The first kappa shape index (κ1) is 19.5. The highest BCUT2D eigenvalue weighted by Gasteiger charge is 2.16. The smallest absolute Gasteiger partial charge is 0.261 e. The molecule has 0 radical (unpaired) electrons. The lowest BCUT2D eigenvalue weighted by atomic mass is 10.3. The number of sulfonamides is 1. The average molecular weight is 428 g/mol. The Labute approximate surface area is 170 Å². The molecule has 0 aliphatic rings. The number of nitrogens with one attached hydrogen (secondary N) is 2. The third-order valence-corrected chi connectivity index (χ3v) is 5.38. The number of benzene rings is 2. The van der Waals surface area contributed by atoms with Gasteiger partial charge in [-0.1, -0.05) is 0 Å². The maximum Gasteiger partial charge on any atom is 0.261 e. The van der Waals surface area contributed by atoms with Crippen molar-refractivity contribution in [2.24, 2.45) is 0 Å². The van der Waals surface area contributed by atoms with Crippen molar-refractivity contribution in [3.63, 3.8) is 0 Å². The van der Waals surface area contributed by atoms with Gasteiger partial charge in [-0.2, -0.15) is 5.10 Å². The summed E-state index contributed by atoms with van der Waals surface area (Å²) in [6, 6.07) is 12.2. The van der Waals surface area contributed by atoms with E-state index in [9.17, 15) is 17.2 Å². The molecular formula is C19H14F2N6O2S. The first-order valence-corrected chi connectivity index (χ1v) is 10.1. The van der Waals surface area contributed by atoms with E-state index >= 15 is 0 Å². The Hall–Kier alpha value is -3.86. The molecule has 2 N–H and O–H groups in total. The van der Waals surface area contributed by atoms with E-state index in [0.29, 0.717) is 23.4 Å². The van der Waals surface area contributed by atoms with Crippen molar-refractivity contribution in [3.05, 3.63) is 85.0 Å².